The highest BCUT2D eigenvalue weighted by Crippen LogP contribution is 2.32. The quantitative estimate of drug-likeness (QED) is 0.636. The minimum Gasteiger partial charge on any atom is -0.486 e. The van der Waals surface area contributed by atoms with E-state index >= 15 is 0 Å². The van der Waals surface area contributed by atoms with Crippen LogP contribution in [0.1, 0.15) is 29.1 Å². The Kier molecular flexibility index (Phi) is 5.31. The summed E-state index contributed by atoms with van der Waals surface area (Å²) in [4.78, 5) is 24.3. The number of ether oxygens (including phenoxy) is 3. The maximum Gasteiger partial charge on any atom is 0.374 e. The van der Waals surface area contributed by atoms with Gasteiger partial charge < -0.3 is 23.9 Å². The van der Waals surface area contributed by atoms with Gasteiger partial charge in [0.15, 0.2) is 18.1 Å². The molecule has 1 atom stereocenters. The number of nitrogens with one attached hydrogen (secondary N) is 1. The zero-order chi connectivity index (χ0) is 20.4. The molecule has 0 radical (unpaired) electrons. The molecule has 0 aliphatic carbocycles. The van der Waals surface area contributed by atoms with Gasteiger partial charge in [-0.25, -0.2) is 4.79 Å². The molecule has 0 fully saturated rings. The summed E-state index contributed by atoms with van der Waals surface area (Å²) in [5, 5.41) is 4.00. The number of esters is 1. The van der Waals surface area contributed by atoms with Crippen LogP contribution in [0.4, 0.5) is 0 Å². The van der Waals surface area contributed by atoms with Crippen LogP contribution in [0.15, 0.2) is 46.9 Å². The van der Waals surface area contributed by atoms with E-state index in [-0.39, 0.29) is 11.8 Å². The van der Waals surface area contributed by atoms with E-state index in [0.29, 0.717) is 40.7 Å². The van der Waals surface area contributed by atoms with Gasteiger partial charge in [-0.05, 0) is 48.9 Å². The second-order valence-corrected chi connectivity index (χ2v) is 7.00. The maximum atomic E-state index is 12.2. The molecule has 2 aromatic carbocycles. The van der Waals surface area contributed by atoms with E-state index < -0.39 is 18.5 Å². The molecule has 1 amide bonds. The first-order valence-corrected chi connectivity index (χ1v) is 9.42. The van der Waals surface area contributed by atoms with Crippen molar-refractivity contribution in [2.45, 2.75) is 13.0 Å². The molecule has 150 valence electrons. The number of hydrogen-bond acceptors (Lipinski definition) is 6. The topological polar surface area (TPSA) is 87.0 Å². The molecule has 1 aromatic heterocycles. The summed E-state index contributed by atoms with van der Waals surface area (Å²) in [5.41, 5.74) is 1.36. The van der Waals surface area contributed by atoms with Gasteiger partial charge in [-0.1, -0.05) is 17.7 Å². The van der Waals surface area contributed by atoms with Gasteiger partial charge >= 0.3 is 5.97 Å². The van der Waals surface area contributed by atoms with Crippen molar-refractivity contribution in [2.24, 2.45) is 0 Å². The Morgan fingerprint density at radius 2 is 1.90 bits per heavy atom. The van der Waals surface area contributed by atoms with Crippen LogP contribution in [0.2, 0.25) is 5.02 Å². The summed E-state index contributed by atoms with van der Waals surface area (Å²) in [6.07, 6.45) is 0. The van der Waals surface area contributed by atoms with Crippen LogP contribution in [0.3, 0.4) is 0 Å². The van der Waals surface area contributed by atoms with E-state index in [1.807, 2.05) is 19.1 Å². The molecule has 7 nitrogen and oxygen atoms in total. The molecule has 1 N–H and O–H groups in total. The fourth-order valence-corrected chi connectivity index (χ4v) is 3.19. The Bertz CT molecular complexity index is 1080. The van der Waals surface area contributed by atoms with E-state index in [4.69, 9.17) is 30.2 Å². The largest absolute Gasteiger partial charge is 0.486 e. The molecule has 2 heterocycles. The predicted molar refractivity (Wildman–Crippen MR) is 105 cm³/mol. The van der Waals surface area contributed by atoms with Gasteiger partial charge in [0.05, 0.1) is 6.04 Å². The first-order chi connectivity index (χ1) is 14.0. The molecule has 29 heavy (non-hydrogen) atoms. The van der Waals surface area contributed by atoms with Crippen molar-refractivity contribution in [1.82, 2.24) is 5.32 Å². The average molecular weight is 416 g/mol. The minimum absolute atomic E-state index is 0.00921. The van der Waals surface area contributed by atoms with Gasteiger partial charge in [0.25, 0.3) is 5.91 Å². The predicted octanol–water partition coefficient (Wildman–Crippen LogP) is 3.89. The Balaban J connectivity index is 1.33. The first-order valence-electron chi connectivity index (χ1n) is 9.05. The van der Waals surface area contributed by atoms with Crippen LogP contribution >= 0.6 is 11.6 Å². The van der Waals surface area contributed by atoms with Crippen LogP contribution in [0.25, 0.3) is 11.0 Å². The Morgan fingerprint density at radius 3 is 2.72 bits per heavy atom. The number of hydrogen-bond donors (Lipinski definition) is 1. The second kappa shape index (κ2) is 8.05. The fraction of sp³-hybridized carbons (Fsp3) is 0.238. The van der Waals surface area contributed by atoms with Crippen LogP contribution < -0.4 is 14.8 Å². The lowest BCUT2D eigenvalue weighted by atomic mass is 10.1. The summed E-state index contributed by atoms with van der Waals surface area (Å²) in [6, 6.07) is 11.7. The zero-order valence-corrected chi connectivity index (χ0v) is 16.3. The van der Waals surface area contributed by atoms with Gasteiger partial charge in [0.1, 0.15) is 18.8 Å². The normalized spacial score (nSPS) is 13.7. The third kappa shape index (κ3) is 4.30. The van der Waals surface area contributed by atoms with E-state index in [1.165, 1.54) is 6.07 Å². The molecule has 0 saturated carbocycles. The van der Waals surface area contributed by atoms with Crippen molar-refractivity contribution in [3.63, 3.8) is 0 Å². The van der Waals surface area contributed by atoms with Gasteiger partial charge in [-0.2, -0.15) is 0 Å². The summed E-state index contributed by atoms with van der Waals surface area (Å²) < 4.78 is 21.5. The number of fused-ring (bicyclic) bond motifs is 2. The van der Waals surface area contributed by atoms with Crippen molar-refractivity contribution >= 4 is 34.4 Å². The summed E-state index contributed by atoms with van der Waals surface area (Å²) in [7, 11) is 0. The smallest absolute Gasteiger partial charge is 0.374 e. The molecule has 8 heteroatoms. The van der Waals surface area contributed by atoms with E-state index in [0.717, 1.165) is 5.56 Å². The molecular formula is C21H18ClNO6. The monoisotopic (exact) mass is 415 g/mol. The van der Waals surface area contributed by atoms with Crippen molar-refractivity contribution in [3.05, 3.63) is 58.8 Å². The molecule has 0 saturated heterocycles. The molecule has 3 aromatic rings. The Morgan fingerprint density at radius 1 is 1.10 bits per heavy atom. The van der Waals surface area contributed by atoms with E-state index in [2.05, 4.69) is 5.32 Å². The highest BCUT2D eigenvalue weighted by molar-refractivity contribution is 6.31. The minimum atomic E-state index is -0.723. The van der Waals surface area contributed by atoms with E-state index in [1.54, 1.807) is 24.3 Å². The number of amides is 1. The third-order valence-corrected chi connectivity index (χ3v) is 4.69. The molecule has 4 rings (SSSR count). The Hall–Kier alpha value is -3.19. The molecule has 1 aliphatic heterocycles. The van der Waals surface area contributed by atoms with E-state index in [9.17, 15) is 9.59 Å². The lowest BCUT2D eigenvalue weighted by Gasteiger charge is -2.21. The molecule has 0 unspecified atom stereocenters. The van der Waals surface area contributed by atoms with Gasteiger partial charge in [0.2, 0.25) is 5.76 Å². The zero-order valence-electron chi connectivity index (χ0n) is 15.6. The number of benzene rings is 2. The maximum absolute atomic E-state index is 12.2. The van der Waals surface area contributed by atoms with Crippen molar-refractivity contribution in [2.75, 3.05) is 19.8 Å². The molecule has 0 bridgehead atoms. The van der Waals surface area contributed by atoms with Gasteiger partial charge in [0, 0.05) is 10.4 Å². The number of furan rings is 1. The lowest BCUT2D eigenvalue weighted by molar-refractivity contribution is -0.124. The fourth-order valence-electron chi connectivity index (χ4n) is 3.01. The highest BCUT2D eigenvalue weighted by Gasteiger charge is 2.18. The molecule has 1 aliphatic rings. The number of rotatable bonds is 5. The third-order valence-electron chi connectivity index (χ3n) is 4.46. The Labute approximate surface area is 171 Å². The number of carbonyl (C=O) groups is 2. The number of halogens is 1. The standard InChI is InChI=1S/C21H18ClNO6/c1-12(13-2-4-17-18(9-13)27-7-6-26-17)23-20(24)11-28-21(25)19-10-14-8-15(22)3-5-16(14)29-19/h2-5,8-10,12H,6-7,11H2,1H3,(H,23,24)/t12-/m0/s1. The number of carbonyl (C=O) groups excluding carboxylic acids is 2. The van der Waals surface area contributed by atoms with Crippen LogP contribution in [-0.2, 0) is 9.53 Å². The summed E-state index contributed by atoms with van der Waals surface area (Å²) >= 11 is 5.92. The van der Waals surface area contributed by atoms with Gasteiger partial charge in [-0.15, -0.1) is 0 Å². The van der Waals surface area contributed by atoms with Crippen LogP contribution in [0, 0.1) is 0 Å². The van der Waals surface area contributed by atoms with Crippen molar-refractivity contribution in [3.8, 4) is 11.5 Å². The summed E-state index contributed by atoms with van der Waals surface area (Å²) in [6.45, 7) is 2.41. The average Bonchev–Trinajstić information content (AvgIpc) is 3.15. The lowest BCUT2D eigenvalue weighted by Crippen LogP contribution is -2.31. The highest BCUT2D eigenvalue weighted by atomic mass is 35.5. The molecule has 0 spiro atoms. The second-order valence-electron chi connectivity index (χ2n) is 6.56. The van der Waals surface area contributed by atoms with Crippen molar-refractivity contribution < 1.29 is 28.2 Å². The van der Waals surface area contributed by atoms with Gasteiger partial charge in [-0.3, -0.25) is 4.79 Å². The molecular weight excluding hydrogens is 398 g/mol. The summed E-state index contributed by atoms with van der Waals surface area (Å²) in [5.74, 6) is 0.181. The first kappa shape index (κ1) is 19.1. The van der Waals surface area contributed by atoms with Crippen molar-refractivity contribution in [1.29, 1.82) is 0 Å². The SMILES string of the molecule is C[C@H](NC(=O)COC(=O)c1cc2cc(Cl)ccc2o1)c1ccc2c(c1)OCCO2. The van der Waals surface area contributed by atoms with Crippen LogP contribution in [-0.4, -0.2) is 31.7 Å². The van der Waals surface area contributed by atoms with Crippen LogP contribution in [0.5, 0.6) is 11.5 Å².